The van der Waals surface area contributed by atoms with E-state index in [1.807, 2.05) is 18.4 Å². The van der Waals surface area contributed by atoms with Crippen LogP contribution in [0.2, 0.25) is 0 Å². The Morgan fingerprint density at radius 2 is 2.22 bits per heavy atom. The van der Waals surface area contributed by atoms with Gasteiger partial charge in [-0.3, -0.25) is 14.8 Å². The highest BCUT2D eigenvalue weighted by Crippen LogP contribution is 2.30. The van der Waals surface area contributed by atoms with Gasteiger partial charge in [0.05, 0.1) is 23.1 Å². The highest BCUT2D eigenvalue weighted by atomic mass is 32.1. The highest BCUT2D eigenvalue weighted by molar-refractivity contribution is 7.13. The predicted octanol–water partition coefficient (Wildman–Crippen LogP) is 4.09. The molecule has 0 radical (unpaired) electrons. The lowest BCUT2D eigenvalue weighted by molar-refractivity contribution is 0.0957. The van der Waals surface area contributed by atoms with E-state index < -0.39 is 0 Å². The molecule has 0 unspecified atom stereocenters. The summed E-state index contributed by atoms with van der Waals surface area (Å²) in [6, 6.07) is 1.93. The number of carbonyl (C=O) groups is 1. The van der Waals surface area contributed by atoms with Crippen molar-refractivity contribution in [1.82, 2.24) is 24.8 Å². The predicted molar refractivity (Wildman–Crippen MR) is 109 cm³/mol. The van der Waals surface area contributed by atoms with Gasteiger partial charge in [-0.05, 0) is 19.4 Å². The van der Waals surface area contributed by atoms with Crippen LogP contribution in [0.5, 0.6) is 0 Å². The number of thiazole rings is 1. The molecule has 7 heteroatoms. The Labute approximate surface area is 163 Å². The lowest BCUT2D eigenvalue weighted by atomic mass is 10.2. The molecule has 0 spiro atoms. The van der Waals surface area contributed by atoms with Gasteiger partial charge >= 0.3 is 0 Å². The number of nitrogens with zero attached hydrogens (tertiary/aromatic N) is 4. The molecule has 0 aliphatic rings. The van der Waals surface area contributed by atoms with Crippen LogP contribution in [0.4, 0.5) is 0 Å². The Bertz CT molecular complexity index is 929. The molecule has 0 aromatic carbocycles. The van der Waals surface area contributed by atoms with Crippen molar-refractivity contribution in [3.63, 3.8) is 0 Å². The maximum absolute atomic E-state index is 12.5. The molecular weight excluding hydrogens is 358 g/mol. The van der Waals surface area contributed by atoms with E-state index in [1.165, 1.54) is 11.3 Å². The van der Waals surface area contributed by atoms with Crippen LogP contribution in [0.1, 0.15) is 35.8 Å². The highest BCUT2D eigenvalue weighted by Gasteiger charge is 2.20. The van der Waals surface area contributed by atoms with Crippen molar-refractivity contribution in [1.29, 1.82) is 0 Å². The maximum atomic E-state index is 12.5. The van der Waals surface area contributed by atoms with Gasteiger partial charge in [-0.2, -0.15) is 0 Å². The number of amides is 1. The normalized spacial score (nSPS) is 10.7. The first-order chi connectivity index (χ1) is 13.2. The summed E-state index contributed by atoms with van der Waals surface area (Å²) in [7, 11) is 0. The van der Waals surface area contributed by atoms with Gasteiger partial charge < -0.3 is 9.88 Å². The molecule has 0 bridgehead atoms. The number of hydrogen-bond acceptors (Lipinski definition) is 5. The van der Waals surface area contributed by atoms with Crippen molar-refractivity contribution >= 4 is 17.2 Å². The fourth-order valence-electron chi connectivity index (χ4n) is 2.87. The molecule has 3 rings (SSSR count). The molecule has 0 saturated heterocycles. The number of hydrogen-bond donors (Lipinski definition) is 1. The number of nitrogens with one attached hydrogen (secondary N) is 1. The molecular formula is C20H23N5OS. The minimum Gasteiger partial charge on any atom is -0.349 e. The Hall–Kier alpha value is -2.80. The van der Waals surface area contributed by atoms with Crippen LogP contribution in [0.3, 0.4) is 0 Å². The topological polar surface area (TPSA) is 72.7 Å². The van der Waals surface area contributed by atoms with Crippen molar-refractivity contribution in [2.45, 2.75) is 33.2 Å². The zero-order valence-electron chi connectivity index (χ0n) is 15.6. The SMILES string of the molecule is C=CCNC(=O)c1cc(-c2csc(-c3cnccn3)n2)n(CCCC)c1C. The van der Waals surface area contributed by atoms with E-state index in [-0.39, 0.29) is 5.91 Å². The van der Waals surface area contributed by atoms with E-state index >= 15 is 0 Å². The third-order valence-corrected chi connectivity index (χ3v) is 5.17. The first-order valence-corrected chi connectivity index (χ1v) is 9.85. The first kappa shape index (κ1) is 19.0. The molecule has 140 valence electrons. The summed E-state index contributed by atoms with van der Waals surface area (Å²) in [4.78, 5) is 25.7. The van der Waals surface area contributed by atoms with Crippen LogP contribution in [0, 0.1) is 6.92 Å². The molecule has 0 aliphatic carbocycles. The fourth-order valence-corrected chi connectivity index (χ4v) is 3.64. The molecule has 27 heavy (non-hydrogen) atoms. The van der Waals surface area contributed by atoms with E-state index in [4.69, 9.17) is 4.98 Å². The number of aromatic nitrogens is 4. The standard InChI is InChI=1S/C20H23N5OS/c1-4-6-10-25-14(3)15(19(26)23-7-5-2)11-18(25)17-13-27-20(24-17)16-12-21-8-9-22-16/h5,8-9,11-13H,2,4,6-7,10H2,1,3H3,(H,23,26). The van der Waals surface area contributed by atoms with E-state index in [0.717, 1.165) is 47.2 Å². The molecule has 1 N–H and O–H groups in total. The smallest absolute Gasteiger partial charge is 0.253 e. The lowest BCUT2D eigenvalue weighted by Crippen LogP contribution is -2.23. The molecule has 3 aromatic rings. The average molecular weight is 382 g/mol. The lowest BCUT2D eigenvalue weighted by Gasteiger charge is -2.10. The maximum Gasteiger partial charge on any atom is 0.253 e. The van der Waals surface area contributed by atoms with Crippen molar-refractivity contribution in [2.75, 3.05) is 6.54 Å². The number of rotatable bonds is 8. The van der Waals surface area contributed by atoms with E-state index in [9.17, 15) is 4.79 Å². The van der Waals surface area contributed by atoms with Gasteiger partial charge in [-0.15, -0.1) is 17.9 Å². The summed E-state index contributed by atoms with van der Waals surface area (Å²) in [5, 5.41) is 5.69. The van der Waals surface area contributed by atoms with Gasteiger partial charge in [0.25, 0.3) is 5.91 Å². The quantitative estimate of drug-likeness (QED) is 0.597. The van der Waals surface area contributed by atoms with E-state index in [1.54, 1.807) is 24.7 Å². The Morgan fingerprint density at radius 1 is 1.37 bits per heavy atom. The van der Waals surface area contributed by atoms with Crippen LogP contribution >= 0.6 is 11.3 Å². The van der Waals surface area contributed by atoms with Crippen LogP contribution in [0.25, 0.3) is 22.1 Å². The van der Waals surface area contributed by atoms with Gasteiger partial charge in [0.1, 0.15) is 10.7 Å². The second-order valence-corrected chi connectivity index (χ2v) is 7.02. The summed E-state index contributed by atoms with van der Waals surface area (Å²) in [5.41, 5.74) is 4.19. The molecule has 6 nitrogen and oxygen atoms in total. The second-order valence-electron chi connectivity index (χ2n) is 6.16. The van der Waals surface area contributed by atoms with E-state index in [2.05, 4.69) is 33.4 Å². The van der Waals surface area contributed by atoms with Crippen molar-refractivity contribution in [3.8, 4) is 22.1 Å². The summed E-state index contributed by atoms with van der Waals surface area (Å²) >= 11 is 1.53. The first-order valence-electron chi connectivity index (χ1n) is 8.97. The molecule has 3 heterocycles. The third-order valence-electron chi connectivity index (χ3n) is 4.30. The number of carbonyl (C=O) groups excluding carboxylic acids is 1. The minimum atomic E-state index is -0.0896. The van der Waals surface area contributed by atoms with Gasteiger partial charge in [0.2, 0.25) is 0 Å². The molecule has 0 atom stereocenters. The van der Waals surface area contributed by atoms with Crippen molar-refractivity contribution in [3.05, 3.63) is 53.9 Å². The van der Waals surface area contributed by atoms with Gasteiger partial charge in [-0.1, -0.05) is 19.4 Å². The number of unbranched alkanes of at least 4 members (excludes halogenated alkanes) is 1. The van der Waals surface area contributed by atoms with E-state index in [0.29, 0.717) is 12.1 Å². The van der Waals surface area contributed by atoms with Crippen LogP contribution in [-0.4, -0.2) is 32.0 Å². The van der Waals surface area contributed by atoms with Gasteiger partial charge in [0.15, 0.2) is 0 Å². The van der Waals surface area contributed by atoms with Gasteiger partial charge in [-0.25, -0.2) is 4.98 Å². The summed E-state index contributed by atoms with van der Waals surface area (Å²) < 4.78 is 2.18. The molecule has 0 saturated carbocycles. The third kappa shape index (κ3) is 4.14. The summed E-state index contributed by atoms with van der Waals surface area (Å²) in [5.74, 6) is -0.0896. The molecule has 3 aromatic heterocycles. The second kappa shape index (κ2) is 8.73. The molecule has 0 fully saturated rings. The van der Waals surface area contributed by atoms with Crippen LogP contribution in [0.15, 0.2) is 42.7 Å². The minimum absolute atomic E-state index is 0.0896. The largest absolute Gasteiger partial charge is 0.349 e. The Balaban J connectivity index is 1.99. The Kier molecular flexibility index (Phi) is 6.13. The zero-order chi connectivity index (χ0) is 19.2. The average Bonchev–Trinajstić information content (AvgIpc) is 3.30. The molecule has 1 amide bonds. The Morgan fingerprint density at radius 3 is 2.93 bits per heavy atom. The molecule has 0 aliphatic heterocycles. The van der Waals surface area contributed by atoms with Crippen LogP contribution in [-0.2, 0) is 6.54 Å². The van der Waals surface area contributed by atoms with Gasteiger partial charge in [0, 0.05) is 36.6 Å². The van der Waals surface area contributed by atoms with Crippen molar-refractivity contribution < 1.29 is 4.79 Å². The summed E-state index contributed by atoms with van der Waals surface area (Å²) in [6.07, 6.45) is 8.81. The fraction of sp³-hybridized carbons (Fsp3) is 0.300. The summed E-state index contributed by atoms with van der Waals surface area (Å²) in [6.45, 7) is 9.09. The van der Waals surface area contributed by atoms with Crippen LogP contribution < -0.4 is 5.32 Å². The monoisotopic (exact) mass is 381 g/mol. The zero-order valence-corrected chi connectivity index (χ0v) is 16.4. The van der Waals surface area contributed by atoms with Crippen molar-refractivity contribution in [2.24, 2.45) is 0 Å².